The van der Waals surface area contributed by atoms with Crippen LogP contribution in [-0.2, 0) is 9.53 Å². The average molecular weight is 439 g/mol. The summed E-state index contributed by atoms with van der Waals surface area (Å²) in [4.78, 5) is 11.5. The Kier molecular flexibility index (Phi) is 24.7. The number of ether oxygens (including phenoxy) is 1. The lowest BCUT2D eigenvalue weighted by atomic mass is 10.0. The van der Waals surface area contributed by atoms with E-state index in [9.17, 15) is 4.79 Å². The molecule has 0 amide bonds. The Labute approximate surface area is 194 Å². The summed E-state index contributed by atoms with van der Waals surface area (Å²) in [5.74, 6) is -0.167. The van der Waals surface area contributed by atoms with Crippen LogP contribution < -0.4 is 0 Å². The highest BCUT2D eigenvalue weighted by Crippen LogP contribution is 2.15. The van der Waals surface area contributed by atoms with Gasteiger partial charge in [-0.05, 0) is 26.7 Å². The molecule has 0 aromatic heterocycles. The number of rotatable bonds is 24. The summed E-state index contributed by atoms with van der Waals surface area (Å²) in [7, 11) is 0. The van der Waals surface area contributed by atoms with Gasteiger partial charge >= 0.3 is 5.97 Å². The number of allylic oxidation sites excluding steroid dienone is 1. The molecule has 31 heavy (non-hydrogen) atoms. The third-order valence-corrected chi connectivity index (χ3v) is 6.29. The van der Waals surface area contributed by atoms with Gasteiger partial charge in [0.15, 0.2) is 0 Å². The molecular formula is C28H54O3. The summed E-state index contributed by atoms with van der Waals surface area (Å²) in [6.45, 7) is 4.59. The SMILES string of the molecule is CC=C(C)C(=O)OCCCCCCCCCCCCCCCCCCCCCCCO. The maximum atomic E-state index is 11.5. The lowest BCUT2D eigenvalue weighted by molar-refractivity contribution is -0.139. The monoisotopic (exact) mass is 438 g/mol. The van der Waals surface area contributed by atoms with Crippen molar-refractivity contribution in [3.8, 4) is 0 Å². The van der Waals surface area contributed by atoms with E-state index < -0.39 is 0 Å². The minimum atomic E-state index is -0.167. The molecule has 0 spiro atoms. The van der Waals surface area contributed by atoms with Crippen molar-refractivity contribution < 1.29 is 14.6 Å². The molecule has 3 nitrogen and oxygen atoms in total. The van der Waals surface area contributed by atoms with Gasteiger partial charge in [0.2, 0.25) is 0 Å². The Morgan fingerprint density at radius 1 is 0.581 bits per heavy atom. The quantitative estimate of drug-likeness (QED) is 0.0931. The van der Waals surface area contributed by atoms with Crippen LogP contribution in [0.4, 0.5) is 0 Å². The number of esters is 1. The van der Waals surface area contributed by atoms with Gasteiger partial charge < -0.3 is 9.84 Å². The van der Waals surface area contributed by atoms with Crippen molar-refractivity contribution in [2.24, 2.45) is 0 Å². The average Bonchev–Trinajstić information content (AvgIpc) is 2.78. The number of carbonyl (C=O) groups is 1. The first-order chi connectivity index (χ1) is 15.2. The number of hydrogen-bond acceptors (Lipinski definition) is 3. The van der Waals surface area contributed by atoms with Crippen molar-refractivity contribution in [1.29, 1.82) is 0 Å². The summed E-state index contributed by atoms with van der Waals surface area (Å²) in [6, 6.07) is 0. The third-order valence-electron chi connectivity index (χ3n) is 6.29. The molecule has 0 aromatic rings. The van der Waals surface area contributed by atoms with Crippen LogP contribution >= 0.6 is 0 Å². The maximum absolute atomic E-state index is 11.5. The molecule has 184 valence electrons. The number of unbranched alkanes of at least 4 members (excludes halogenated alkanes) is 20. The summed E-state index contributed by atoms with van der Waals surface area (Å²) >= 11 is 0. The van der Waals surface area contributed by atoms with Gasteiger partial charge in [0, 0.05) is 12.2 Å². The molecular weight excluding hydrogens is 384 g/mol. The van der Waals surface area contributed by atoms with Crippen LogP contribution in [0, 0.1) is 0 Å². The molecule has 0 aliphatic heterocycles. The molecule has 0 bridgehead atoms. The zero-order valence-corrected chi connectivity index (χ0v) is 21.1. The first-order valence-electron chi connectivity index (χ1n) is 13.6. The van der Waals surface area contributed by atoms with E-state index in [1.165, 1.54) is 122 Å². The summed E-state index contributed by atoms with van der Waals surface area (Å²) in [5, 5.41) is 8.75. The lowest BCUT2D eigenvalue weighted by Crippen LogP contribution is -2.06. The molecule has 0 aromatic carbocycles. The van der Waals surface area contributed by atoms with E-state index in [0.29, 0.717) is 18.8 Å². The largest absolute Gasteiger partial charge is 0.462 e. The van der Waals surface area contributed by atoms with Crippen LogP contribution in [0.15, 0.2) is 11.6 Å². The molecule has 3 heteroatoms. The fourth-order valence-electron chi connectivity index (χ4n) is 3.97. The van der Waals surface area contributed by atoms with Crippen molar-refractivity contribution in [1.82, 2.24) is 0 Å². The molecule has 0 aliphatic rings. The zero-order valence-electron chi connectivity index (χ0n) is 21.1. The Morgan fingerprint density at radius 3 is 1.16 bits per heavy atom. The van der Waals surface area contributed by atoms with Crippen LogP contribution in [0.25, 0.3) is 0 Å². The molecule has 0 saturated carbocycles. The molecule has 1 N–H and O–H groups in total. The highest BCUT2D eigenvalue weighted by atomic mass is 16.5. The normalized spacial score (nSPS) is 11.8. The fraction of sp³-hybridized carbons (Fsp3) is 0.893. The van der Waals surface area contributed by atoms with Crippen LogP contribution in [0.1, 0.15) is 149 Å². The van der Waals surface area contributed by atoms with Gasteiger partial charge in [-0.1, -0.05) is 128 Å². The number of aliphatic hydroxyl groups excluding tert-OH is 1. The minimum Gasteiger partial charge on any atom is -0.462 e. The molecule has 0 rings (SSSR count). The van der Waals surface area contributed by atoms with E-state index in [0.717, 1.165) is 12.8 Å². The highest BCUT2D eigenvalue weighted by molar-refractivity contribution is 5.87. The van der Waals surface area contributed by atoms with E-state index in [1.807, 2.05) is 6.92 Å². The van der Waals surface area contributed by atoms with Gasteiger partial charge in [0.05, 0.1) is 6.61 Å². The summed E-state index contributed by atoms with van der Waals surface area (Å²) < 4.78 is 5.22. The van der Waals surface area contributed by atoms with Gasteiger partial charge in [-0.2, -0.15) is 0 Å². The lowest BCUT2D eigenvalue weighted by Gasteiger charge is -2.05. The van der Waals surface area contributed by atoms with Crippen molar-refractivity contribution in [2.75, 3.05) is 13.2 Å². The Balaban J connectivity index is 3.09. The fourth-order valence-corrected chi connectivity index (χ4v) is 3.97. The molecule has 0 aliphatic carbocycles. The third kappa shape index (κ3) is 23.7. The van der Waals surface area contributed by atoms with E-state index in [1.54, 1.807) is 13.0 Å². The number of hydrogen-bond donors (Lipinski definition) is 1. The van der Waals surface area contributed by atoms with Gasteiger partial charge in [-0.25, -0.2) is 4.79 Å². The second-order valence-corrected chi connectivity index (χ2v) is 9.26. The molecule has 0 fully saturated rings. The van der Waals surface area contributed by atoms with Gasteiger partial charge in [0.25, 0.3) is 0 Å². The van der Waals surface area contributed by atoms with Crippen molar-refractivity contribution in [3.63, 3.8) is 0 Å². The molecule has 0 saturated heterocycles. The number of aliphatic hydroxyl groups is 1. The van der Waals surface area contributed by atoms with Crippen LogP contribution in [0.2, 0.25) is 0 Å². The van der Waals surface area contributed by atoms with Crippen molar-refractivity contribution in [2.45, 2.75) is 149 Å². The van der Waals surface area contributed by atoms with Crippen LogP contribution in [0.3, 0.4) is 0 Å². The van der Waals surface area contributed by atoms with Gasteiger partial charge in [-0.3, -0.25) is 0 Å². The Morgan fingerprint density at radius 2 is 0.871 bits per heavy atom. The minimum absolute atomic E-state index is 0.167. The smallest absolute Gasteiger partial charge is 0.333 e. The second kappa shape index (κ2) is 25.4. The molecule has 0 unspecified atom stereocenters. The predicted molar refractivity (Wildman–Crippen MR) is 134 cm³/mol. The van der Waals surface area contributed by atoms with Crippen LogP contribution in [0.5, 0.6) is 0 Å². The van der Waals surface area contributed by atoms with Gasteiger partial charge in [-0.15, -0.1) is 0 Å². The summed E-state index contributed by atoms with van der Waals surface area (Å²) in [5.41, 5.74) is 0.702. The topological polar surface area (TPSA) is 46.5 Å². The standard InChI is InChI=1S/C28H54O3/c1-3-27(2)28(30)31-26-24-22-20-18-16-14-12-10-8-6-4-5-7-9-11-13-15-17-19-21-23-25-29/h3,29H,4-26H2,1-2H3. The molecule has 0 atom stereocenters. The second-order valence-electron chi connectivity index (χ2n) is 9.26. The van der Waals surface area contributed by atoms with E-state index in [4.69, 9.17) is 9.84 Å². The Bertz CT molecular complexity index is 403. The molecule has 0 heterocycles. The van der Waals surface area contributed by atoms with Crippen molar-refractivity contribution >= 4 is 5.97 Å². The first kappa shape index (κ1) is 30.2. The van der Waals surface area contributed by atoms with E-state index in [2.05, 4.69) is 0 Å². The van der Waals surface area contributed by atoms with Crippen molar-refractivity contribution in [3.05, 3.63) is 11.6 Å². The predicted octanol–water partition coefficient (Wildman–Crippen LogP) is 8.68. The van der Waals surface area contributed by atoms with Crippen LogP contribution in [-0.4, -0.2) is 24.3 Å². The highest BCUT2D eigenvalue weighted by Gasteiger charge is 2.03. The Hall–Kier alpha value is -0.830. The maximum Gasteiger partial charge on any atom is 0.333 e. The molecule has 0 radical (unpaired) electrons. The van der Waals surface area contributed by atoms with E-state index >= 15 is 0 Å². The summed E-state index contributed by atoms with van der Waals surface area (Å²) in [6.07, 6.45) is 29.7. The first-order valence-corrected chi connectivity index (χ1v) is 13.6. The van der Waals surface area contributed by atoms with Gasteiger partial charge in [0.1, 0.15) is 0 Å². The zero-order chi connectivity index (χ0) is 22.8. The number of carbonyl (C=O) groups excluding carboxylic acids is 1. The van der Waals surface area contributed by atoms with E-state index in [-0.39, 0.29) is 5.97 Å².